The number of benzene rings is 4. The number of hydrogen-bond acceptors (Lipinski definition) is 6. The van der Waals surface area contributed by atoms with Gasteiger partial charge in [0, 0.05) is 32.9 Å². The molecule has 68 heavy (non-hydrogen) atoms. The smallest absolute Gasteiger partial charge is 0.852 e. The van der Waals surface area contributed by atoms with Crippen molar-refractivity contribution in [3.05, 3.63) is 164 Å². The normalized spacial score (nSPS) is 12.4. The largest absolute Gasteiger partial charge is 3.00 e. The van der Waals surface area contributed by atoms with Gasteiger partial charge in [-0.1, -0.05) is 290 Å². The van der Waals surface area contributed by atoms with Crippen LogP contribution in [0.4, 0.5) is 0 Å². The maximum absolute atomic E-state index is 9.53. The Labute approximate surface area is 495 Å². The molecular weight excluding hydrogens is 1230 g/mol. The zero-order chi connectivity index (χ0) is 49.8. The predicted octanol–water partition coefficient (Wildman–Crippen LogP) is 12.9. The molecule has 0 spiro atoms. The zero-order valence-corrected chi connectivity index (χ0v) is 51.3. The Hall–Kier alpha value is -1.41. The molecule has 0 N–H and O–H groups in total. The van der Waals surface area contributed by atoms with Crippen LogP contribution in [0.5, 0.6) is 0 Å². The molecule has 0 aliphatic carbocycles. The minimum atomic E-state index is -1.60. The minimum Gasteiger partial charge on any atom is -0.852 e. The van der Waals surface area contributed by atoms with E-state index in [1.54, 1.807) is 27.7 Å². The van der Waals surface area contributed by atoms with Gasteiger partial charge in [0.2, 0.25) is 0 Å². The molecule has 0 aliphatic rings. The summed E-state index contributed by atoms with van der Waals surface area (Å²) in [6, 6.07) is 41.1. The van der Waals surface area contributed by atoms with Crippen molar-refractivity contribution in [2.75, 3.05) is 26.2 Å². The molecule has 4 aromatic rings. The molecule has 4 rings (SSSR count). The summed E-state index contributed by atoms with van der Waals surface area (Å²) in [4.78, 5) is 39.1. The first kappa shape index (κ1) is 68.7. The summed E-state index contributed by atoms with van der Waals surface area (Å²) in [5.41, 5.74) is 4.38. The molecule has 0 bridgehead atoms. The summed E-state index contributed by atoms with van der Waals surface area (Å²) in [6.07, 6.45) is 0.935. The van der Waals surface area contributed by atoms with Crippen molar-refractivity contribution in [1.29, 1.82) is 0 Å². The molecule has 16 heteroatoms. The van der Waals surface area contributed by atoms with E-state index in [0.717, 1.165) is 84.6 Å². The van der Waals surface area contributed by atoms with Gasteiger partial charge in [0.25, 0.3) is 0 Å². The van der Waals surface area contributed by atoms with Crippen molar-refractivity contribution in [2.45, 2.75) is 131 Å². The molecule has 0 saturated carbocycles. The van der Waals surface area contributed by atoms with Gasteiger partial charge in [0.05, 0.1) is 0 Å². The second-order valence-electron chi connectivity index (χ2n) is 20.2. The Morgan fingerprint density at radius 2 is 0.500 bits per heavy atom. The topological polar surface area (TPSA) is 152 Å². The Morgan fingerprint density at radius 1 is 0.353 bits per heavy atom. The fourth-order valence-corrected chi connectivity index (χ4v) is 8.61. The SMILES string of the molecule is CC(C)[O-].CC(C)[O-].C[Si](C)(C)[N-]C(=NCCCN=C([N-][Si](C)(C)C)c1ccccc1)c1ccccc1.C[Si](C)(C)[N-]C(=NCCCN=C([N-][Si](C)(C)C)c1ccccc1)c1ccccc1.[Yb+3].[Yb+3]. The van der Waals surface area contributed by atoms with Crippen LogP contribution in [-0.2, 0) is 0 Å². The number of aliphatic imine (C=N–C) groups is 4. The third-order valence-electron chi connectivity index (χ3n) is 7.57. The molecule has 0 amide bonds. The van der Waals surface area contributed by atoms with E-state index in [9.17, 15) is 10.2 Å². The quantitative estimate of drug-likeness (QED) is 0.0475. The van der Waals surface area contributed by atoms with E-state index in [4.69, 9.17) is 39.9 Å². The zero-order valence-electron chi connectivity index (χ0n) is 43.9. The van der Waals surface area contributed by atoms with E-state index in [2.05, 4.69) is 127 Å². The summed E-state index contributed by atoms with van der Waals surface area (Å²) < 4.78 is 0. The van der Waals surface area contributed by atoms with Gasteiger partial charge in [-0.15, -0.1) is 12.2 Å². The van der Waals surface area contributed by atoms with Gasteiger partial charge in [0.1, 0.15) is 0 Å². The standard InChI is InChI=1S/2C23H34N4Si2.2C3H7O.2Yb/c2*1-28(2,3)26-22(20-14-9-7-10-15-20)24-18-13-19-25-23(27-29(4,5)6)21-16-11-8-12-17-21;2*1-3(2)4;;/h2*7-12,14-17H,13,18-19H2,1-6H3;2*3H,1-2H3;;/q2*-2;2*-1;2*+3. The average molecular weight is 1310 g/mol. The molecule has 0 unspecified atom stereocenters. The second-order valence-corrected chi connectivity index (χ2v) is 38.5. The third-order valence-corrected chi connectivity index (χ3v) is 11.1. The molecule has 4 aromatic carbocycles. The van der Waals surface area contributed by atoms with Crippen LogP contribution in [-0.4, -0.2) is 94.7 Å². The monoisotopic (exact) mass is 1310 g/mol. The number of rotatable bonds is 16. The van der Waals surface area contributed by atoms with Crippen LogP contribution in [0.15, 0.2) is 141 Å². The van der Waals surface area contributed by atoms with Gasteiger partial charge in [-0.2, -0.15) is 0 Å². The molecule has 386 valence electrons. The van der Waals surface area contributed by atoms with E-state index < -0.39 is 45.1 Å². The van der Waals surface area contributed by atoms with Gasteiger partial charge >= 0.3 is 93.8 Å². The number of amidine groups is 4. The van der Waals surface area contributed by atoms with Crippen molar-refractivity contribution in [1.82, 2.24) is 0 Å². The van der Waals surface area contributed by atoms with E-state index in [1.807, 2.05) is 72.8 Å². The minimum absolute atomic E-state index is 0. The molecule has 10 nitrogen and oxygen atoms in total. The Bertz CT molecular complexity index is 1730. The summed E-state index contributed by atoms with van der Waals surface area (Å²) in [5.74, 6) is 3.51. The molecule has 0 fully saturated rings. The van der Waals surface area contributed by atoms with Gasteiger partial charge in [-0.3, -0.25) is 0 Å². The summed E-state index contributed by atoms with van der Waals surface area (Å²) in [5, 5.41) is 19.1. The fraction of sp³-hybridized carbons (Fsp3) is 0.462. The molecule has 0 saturated heterocycles. The fourth-order valence-electron chi connectivity index (χ4n) is 5.27. The molecule has 0 aliphatic heterocycles. The number of nitrogens with zero attached hydrogens (tertiary/aromatic N) is 8. The van der Waals surface area contributed by atoms with Crippen LogP contribution >= 0.6 is 0 Å². The first-order valence-electron chi connectivity index (χ1n) is 23.4. The molecular formula is C52H82N8O2Si4Yb2. The van der Waals surface area contributed by atoms with E-state index >= 15 is 0 Å². The average Bonchev–Trinajstić information content (AvgIpc) is 3.21. The van der Waals surface area contributed by atoms with Crippen LogP contribution in [0.2, 0.25) is 78.6 Å². The van der Waals surface area contributed by atoms with Crippen molar-refractivity contribution in [3.8, 4) is 0 Å². The molecule has 0 heterocycles. The maximum Gasteiger partial charge on any atom is 3.00 e. The number of hydrogen-bond donors (Lipinski definition) is 0. The van der Waals surface area contributed by atoms with E-state index in [1.165, 1.54) is 0 Å². The Balaban J connectivity index is 0. The molecule has 0 aromatic heterocycles. The first-order chi connectivity index (χ1) is 30.7. The van der Waals surface area contributed by atoms with Gasteiger partial charge in [0.15, 0.2) is 0 Å². The van der Waals surface area contributed by atoms with Gasteiger partial charge in [-0.05, 0) is 22.3 Å². The van der Waals surface area contributed by atoms with Crippen LogP contribution in [0.25, 0.3) is 19.9 Å². The summed E-state index contributed by atoms with van der Waals surface area (Å²) in [7, 11) is -6.42. The van der Waals surface area contributed by atoms with Crippen molar-refractivity contribution >= 4 is 56.3 Å². The second kappa shape index (κ2) is 36.5. The Morgan fingerprint density at radius 3 is 0.632 bits per heavy atom. The first-order valence-corrected chi connectivity index (χ1v) is 37.2. The van der Waals surface area contributed by atoms with Crippen molar-refractivity contribution < 1.29 is 104 Å². The Kier molecular flexibility index (Phi) is 36.8. The predicted molar refractivity (Wildman–Crippen MR) is 298 cm³/mol. The van der Waals surface area contributed by atoms with Crippen molar-refractivity contribution in [2.24, 2.45) is 20.0 Å². The third kappa shape index (κ3) is 38.3. The van der Waals surface area contributed by atoms with Gasteiger partial charge < -0.3 is 50.1 Å². The van der Waals surface area contributed by atoms with Crippen LogP contribution in [0.1, 0.15) is 62.8 Å². The van der Waals surface area contributed by atoms with Crippen LogP contribution in [0, 0.1) is 93.8 Å². The van der Waals surface area contributed by atoms with Crippen LogP contribution in [0.3, 0.4) is 0 Å². The summed E-state index contributed by atoms with van der Waals surface area (Å²) in [6.45, 7) is 36.2. The van der Waals surface area contributed by atoms with Crippen molar-refractivity contribution in [3.63, 3.8) is 0 Å². The molecule has 2 radical (unpaired) electrons. The van der Waals surface area contributed by atoms with E-state index in [-0.39, 0.29) is 93.8 Å². The molecule has 0 atom stereocenters. The summed E-state index contributed by atoms with van der Waals surface area (Å²) >= 11 is 0. The van der Waals surface area contributed by atoms with Crippen LogP contribution < -0.4 is 10.2 Å². The van der Waals surface area contributed by atoms with Gasteiger partial charge in [-0.25, -0.2) is 0 Å². The maximum atomic E-state index is 9.53. The van der Waals surface area contributed by atoms with E-state index in [0.29, 0.717) is 0 Å².